The lowest BCUT2D eigenvalue weighted by molar-refractivity contribution is 0.324. The molecule has 0 aliphatic carbocycles. The second-order valence-corrected chi connectivity index (χ2v) is 3.63. The number of fused-ring (bicyclic) bond motifs is 1. The van der Waals surface area contributed by atoms with Crippen LogP contribution in [0, 0.1) is 0 Å². The zero-order valence-corrected chi connectivity index (χ0v) is 8.57. The van der Waals surface area contributed by atoms with Crippen LogP contribution in [0.2, 0.25) is 0 Å². The number of hydrogen-bond donors (Lipinski definition) is 1. The average molecular weight is 223 g/mol. The van der Waals surface area contributed by atoms with Gasteiger partial charge in [-0.25, -0.2) is 0 Å². The van der Waals surface area contributed by atoms with Gasteiger partial charge in [-0.05, 0) is 11.5 Å². The lowest BCUT2D eigenvalue weighted by Gasteiger charge is -2.05. The first-order valence-electron chi connectivity index (χ1n) is 4.26. The Morgan fingerprint density at radius 3 is 2.60 bits per heavy atom. The van der Waals surface area contributed by atoms with Gasteiger partial charge < -0.3 is 4.18 Å². The van der Waals surface area contributed by atoms with E-state index in [4.69, 9.17) is 10.1 Å². The van der Waals surface area contributed by atoms with E-state index in [1.165, 1.54) is 0 Å². The van der Waals surface area contributed by atoms with Crippen LogP contribution >= 0.6 is 0 Å². The van der Waals surface area contributed by atoms with E-state index < -0.39 is 11.4 Å². The van der Waals surface area contributed by atoms with Gasteiger partial charge in [0.15, 0.2) is 5.75 Å². The molecule has 0 saturated carbocycles. The number of hydrogen-bond acceptors (Lipinski definition) is 4. The normalized spacial score (nSPS) is 12.6. The average Bonchev–Trinajstić information content (AvgIpc) is 2.29. The third kappa shape index (κ3) is 2.15. The molecule has 2 rings (SSSR count). The molecular weight excluding hydrogens is 214 g/mol. The summed E-state index contributed by atoms with van der Waals surface area (Å²) in [5.74, 6) is 5.22. The van der Waals surface area contributed by atoms with Crippen LogP contribution in [0.4, 0.5) is 0 Å². The smallest absolute Gasteiger partial charge is 0.377 e. The Labute approximate surface area is 89.4 Å². The molecule has 0 aliphatic rings. The molecule has 0 bridgehead atoms. The first-order chi connectivity index (χ1) is 7.31. The summed E-state index contributed by atoms with van der Waals surface area (Å²) < 4.78 is 20.0. The first-order valence-corrected chi connectivity index (χ1v) is 5.26. The Morgan fingerprint density at radius 2 is 1.80 bits per heavy atom. The fourth-order valence-electron chi connectivity index (χ4n) is 1.36. The highest BCUT2D eigenvalue weighted by Crippen LogP contribution is 2.25. The summed E-state index contributed by atoms with van der Waals surface area (Å²) >= 11 is -1.96. The maximum Gasteiger partial charge on any atom is 0.377 e. The summed E-state index contributed by atoms with van der Waals surface area (Å²) in [6.07, 6.45) is 0. The second-order valence-electron chi connectivity index (χ2n) is 2.86. The van der Waals surface area contributed by atoms with Gasteiger partial charge in [0, 0.05) is 5.39 Å². The van der Waals surface area contributed by atoms with Gasteiger partial charge in [0.05, 0.1) is 0 Å². The van der Waals surface area contributed by atoms with E-state index in [9.17, 15) is 4.21 Å². The zero-order chi connectivity index (χ0) is 10.7. The van der Waals surface area contributed by atoms with E-state index >= 15 is 0 Å². The van der Waals surface area contributed by atoms with Crippen molar-refractivity contribution in [2.24, 2.45) is 5.90 Å². The second kappa shape index (κ2) is 4.39. The Kier molecular flexibility index (Phi) is 2.96. The molecule has 0 radical (unpaired) electrons. The molecule has 0 fully saturated rings. The van der Waals surface area contributed by atoms with Crippen molar-refractivity contribution in [1.82, 2.24) is 0 Å². The predicted octanol–water partition coefficient (Wildman–Crippen LogP) is 1.69. The van der Waals surface area contributed by atoms with Crippen LogP contribution in [-0.4, -0.2) is 4.21 Å². The molecule has 1 atom stereocenters. The number of benzene rings is 2. The van der Waals surface area contributed by atoms with Crippen molar-refractivity contribution in [3.63, 3.8) is 0 Å². The van der Waals surface area contributed by atoms with Crippen molar-refractivity contribution < 1.29 is 12.7 Å². The van der Waals surface area contributed by atoms with Crippen molar-refractivity contribution in [3.05, 3.63) is 42.5 Å². The van der Waals surface area contributed by atoms with E-state index in [0.29, 0.717) is 5.75 Å². The van der Waals surface area contributed by atoms with Gasteiger partial charge in [-0.2, -0.15) is 14.4 Å². The summed E-state index contributed by atoms with van der Waals surface area (Å²) in [4.78, 5) is 0. The summed E-state index contributed by atoms with van der Waals surface area (Å²) in [6, 6.07) is 13.1. The van der Waals surface area contributed by atoms with E-state index in [-0.39, 0.29) is 0 Å². The van der Waals surface area contributed by atoms with Crippen molar-refractivity contribution >= 4 is 22.1 Å². The minimum absolute atomic E-state index is 0.483. The molecule has 15 heavy (non-hydrogen) atoms. The molecule has 5 heteroatoms. The lowest BCUT2D eigenvalue weighted by atomic mass is 10.1. The molecule has 2 aromatic rings. The number of nitrogens with two attached hydrogens (primary N) is 1. The third-order valence-electron chi connectivity index (χ3n) is 1.99. The van der Waals surface area contributed by atoms with Gasteiger partial charge in [0.25, 0.3) is 0 Å². The Bertz CT molecular complexity index is 495. The van der Waals surface area contributed by atoms with Gasteiger partial charge in [-0.15, -0.1) is 0 Å². The maximum absolute atomic E-state index is 11.0. The highest BCUT2D eigenvalue weighted by molar-refractivity contribution is 7.75. The summed E-state index contributed by atoms with van der Waals surface area (Å²) in [5.41, 5.74) is 0. The van der Waals surface area contributed by atoms with Gasteiger partial charge >= 0.3 is 11.4 Å². The highest BCUT2D eigenvalue weighted by Gasteiger charge is 2.05. The van der Waals surface area contributed by atoms with Crippen LogP contribution in [-0.2, 0) is 15.6 Å². The molecule has 78 valence electrons. The summed E-state index contributed by atoms with van der Waals surface area (Å²) in [5, 5.41) is 1.87. The maximum atomic E-state index is 11.0. The molecule has 0 heterocycles. The van der Waals surface area contributed by atoms with Gasteiger partial charge in [0.1, 0.15) is 0 Å². The monoisotopic (exact) mass is 223 g/mol. The van der Waals surface area contributed by atoms with Crippen LogP contribution < -0.4 is 10.1 Å². The van der Waals surface area contributed by atoms with Crippen LogP contribution in [0.25, 0.3) is 10.8 Å². The topological polar surface area (TPSA) is 61.5 Å². The molecule has 0 aromatic heterocycles. The minimum atomic E-state index is -1.96. The van der Waals surface area contributed by atoms with Crippen molar-refractivity contribution in [2.45, 2.75) is 0 Å². The molecule has 4 nitrogen and oxygen atoms in total. The SMILES string of the molecule is NOS(=O)Oc1cccc2ccccc12. The van der Waals surface area contributed by atoms with Gasteiger partial charge in [-0.1, -0.05) is 36.4 Å². The van der Waals surface area contributed by atoms with E-state index in [1.54, 1.807) is 6.07 Å². The van der Waals surface area contributed by atoms with Crippen LogP contribution in [0.3, 0.4) is 0 Å². The van der Waals surface area contributed by atoms with Crippen LogP contribution in [0.15, 0.2) is 42.5 Å². The Balaban J connectivity index is 2.46. The quantitative estimate of drug-likeness (QED) is 0.804. The molecule has 0 amide bonds. The Morgan fingerprint density at radius 1 is 1.07 bits per heavy atom. The summed E-state index contributed by atoms with van der Waals surface area (Å²) in [7, 11) is 0. The minimum Gasteiger partial charge on any atom is -0.378 e. The molecule has 0 saturated heterocycles. The molecule has 0 spiro atoms. The molecule has 0 aliphatic heterocycles. The van der Waals surface area contributed by atoms with Crippen LogP contribution in [0.1, 0.15) is 0 Å². The van der Waals surface area contributed by atoms with Crippen molar-refractivity contribution in [3.8, 4) is 5.75 Å². The lowest BCUT2D eigenvalue weighted by Crippen LogP contribution is -2.09. The molecule has 2 aromatic carbocycles. The zero-order valence-electron chi connectivity index (χ0n) is 7.75. The van der Waals surface area contributed by atoms with Crippen molar-refractivity contribution in [2.75, 3.05) is 0 Å². The standard InChI is InChI=1S/C10H9NO3S/c11-14-15(12)13-10-7-3-5-8-4-1-2-6-9(8)10/h1-7H,11H2. The van der Waals surface area contributed by atoms with Gasteiger partial charge in [-0.3, -0.25) is 0 Å². The molecular formula is C10H9NO3S. The first kappa shape index (κ1) is 10.1. The summed E-state index contributed by atoms with van der Waals surface area (Å²) in [6.45, 7) is 0. The Hall–Kier alpha value is -1.43. The van der Waals surface area contributed by atoms with Crippen LogP contribution in [0.5, 0.6) is 5.75 Å². The number of rotatable bonds is 3. The van der Waals surface area contributed by atoms with Gasteiger partial charge in [0.2, 0.25) is 0 Å². The molecule has 1 unspecified atom stereocenters. The molecule has 2 N–H and O–H groups in total. The highest BCUT2D eigenvalue weighted by atomic mass is 32.2. The van der Waals surface area contributed by atoms with E-state index in [0.717, 1.165) is 10.8 Å². The van der Waals surface area contributed by atoms with E-state index in [2.05, 4.69) is 4.28 Å². The fourth-order valence-corrected chi connectivity index (χ4v) is 1.69. The largest absolute Gasteiger partial charge is 0.378 e. The van der Waals surface area contributed by atoms with Crippen molar-refractivity contribution in [1.29, 1.82) is 0 Å². The third-order valence-corrected chi connectivity index (χ3v) is 2.46. The van der Waals surface area contributed by atoms with E-state index in [1.807, 2.05) is 36.4 Å². The fraction of sp³-hybridized carbons (Fsp3) is 0. The predicted molar refractivity (Wildman–Crippen MR) is 58.0 cm³/mol.